The Hall–Kier alpha value is -3.55. The SMILES string of the molecule is CCOC(=O)C1=C(C)NC2=C(C(=O)c3ccccc32)[C@H]1c1cc(Br)c(OCc2ccccc2Cl)c(OC)c1. The van der Waals surface area contributed by atoms with E-state index in [-0.39, 0.29) is 19.0 Å². The average molecular weight is 595 g/mol. The zero-order valence-electron chi connectivity index (χ0n) is 21.1. The lowest BCUT2D eigenvalue weighted by molar-refractivity contribution is -0.138. The number of halogens is 2. The maximum Gasteiger partial charge on any atom is 0.336 e. The Morgan fingerprint density at radius 1 is 1.08 bits per heavy atom. The third-order valence-corrected chi connectivity index (χ3v) is 7.62. The number of allylic oxidation sites excluding steroid dienone is 2. The highest BCUT2D eigenvalue weighted by atomic mass is 79.9. The number of fused-ring (bicyclic) bond motifs is 2. The van der Waals surface area contributed by atoms with Crippen molar-refractivity contribution < 1.29 is 23.8 Å². The fourth-order valence-corrected chi connectivity index (χ4v) is 5.72. The first kappa shape index (κ1) is 26.1. The van der Waals surface area contributed by atoms with Crippen LogP contribution in [0.4, 0.5) is 0 Å². The maximum atomic E-state index is 13.7. The van der Waals surface area contributed by atoms with E-state index in [0.29, 0.717) is 54.7 Å². The van der Waals surface area contributed by atoms with E-state index in [2.05, 4.69) is 21.2 Å². The Morgan fingerprint density at radius 2 is 1.79 bits per heavy atom. The minimum absolute atomic E-state index is 0.128. The molecule has 0 unspecified atom stereocenters. The summed E-state index contributed by atoms with van der Waals surface area (Å²) in [6.45, 7) is 4.02. The van der Waals surface area contributed by atoms with Gasteiger partial charge in [-0.25, -0.2) is 4.79 Å². The van der Waals surface area contributed by atoms with Crippen LogP contribution in [-0.4, -0.2) is 25.5 Å². The van der Waals surface area contributed by atoms with E-state index in [1.807, 2.05) is 49.4 Å². The molecule has 1 N–H and O–H groups in total. The van der Waals surface area contributed by atoms with E-state index in [0.717, 1.165) is 11.1 Å². The van der Waals surface area contributed by atoms with E-state index in [9.17, 15) is 9.59 Å². The van der Waals surface area contributed by atoms with Crippen molar-refractivity contribution in [1.29, 1.82) is 0 Å². The van der Waals surface area contributed by atoms with Crippen LogP contribution in [0.2, 0.25) is 5.02 Å². The molecule has 0 fully saturated rings. The zero-order chi connectivity index (χ0) is 27.0. The van der Waals surface area contributed by atoms with Gasteiger partial charge >= 0.3 is 5.97 Å². The van der Waals surface area contributed by atoms with Gasteiger partial charge in [0.05, 0.1) is 29.5 Å². The van der Waals surface area contributed by atoms with Crippen LogP contribution in [0.3, 0.4) is 0 Å². The number of Topliss-reactive ketones (excluding diaryl/α,β-unsaturated/α-hetero) is 1. The lowest BCUT2D eigenvalue weighted by Gasteiger charge is -2.30. The van der Waals surface area contributed by atoms with Crippen molar-refractivity contribution >= 4 is 45.0 Å². The molecule has 1 aliphatic heterocycles. The van der Waals surface area contributed by atoms with Gasteiger partial charge in [-0.2, -0.15) is 0 Å². The lowest BCUT2D eigenvalue weighted by Crippen LogP contribution is -2.29. The summed E-state index contributed by atoms with van der Waals surface area (Å²) < 4.78 is 17.9. The standard InChI is InChI=1S/C30H25BrClNO5/c1-4-37-30(35)24-16(2)33-27-19-10-6-7-11-20(19)28(34)26(27)25(24)18-13-21(31)29(23(14-18)36-3)38-15-17-9-5-8-12-22(17)32/h5-14,25,33H,4,15H2,1-3H3/t25-/m0/s1. The van der Waals surface area contributed by atoms with Crippen molar-refractivity contribution in [1.82, 2.24) is 5.32 Å². The summed E-state index contributed by atoms with van der Waals surface area (Å²) >= 11 is 9.93. The van der Waals surface area contributed by atoms with Crippen molar-refractivity contribution in [2.45, 2.75) is 26.4 Å². The first-order valence-electron chi connectivity index (χ1n) is 12.1. The molecular formula is C30H25BrClNO5. The molecule has 194 valence electrons. The van der Waals surface area contributed by atoms with Gasteiger partial charge in [-0.15, -0.1) is 0 Å². The van der Waals surface area contributed by atoms with Crippen LogP contribution in [0, 0.1) is 0 Å². The molecule has 3 aromatic rings. The summed E-state index contributed by atoms with van der Waals surface area (Å²) in [7, 11) is 1.55. The van der Waals surface area contributed by atoms with Crippen LogP contribution in [0.15, 0.2) is 82.0 Å². The van der Waals surface area contributed by atoms with Crippen molar-refractivity contribution in [3.63, 3.8) is 0 Å². The fraction of sp³-hybridized carbons (Fsp3) is 0.200. The van der Waals surface area contributed by atoms with Crippen molar-refractivity contribution in [3.05, 3.63) is 109 Å². The molecule has 0 aromatic heterocycles. The summed E-state index contributed by atoms with van der Waals surface area (Å²) in [6.07, 6.45) is 0. The highest BCUT2D eigenvalue weighted by Crippen LogP contribution is 2.49. The predicted molar refractivity (Wildman–Crippen MR) is 149 cm³/mol. The summed E-state index contributed by atoms with van der Waals surface area (Å²) in [4.78, 5) is 26.9. The normalized spacial score (nSPS) is 16.1. The molecule has 5 rings (SSSR count). The topological polar surface area (TPSA) is 73.9 Å². The number of hydrogen-bond acceptors (Lipinski definition) is 6. The number of benzene rings is 3. The Labute approximate surface area is 234 Å². The second-order valence-electron chi connectivity index (χ2n) is 8.89. The minimum Gasteiger partial charge on any atom is -0.493 e. The monoisotopic (exact) mass is 593 g/mol. The van der Waals surface area contributed by atoms with E-state index < -0.39 is 11.9 Å². The van der Waals surface area contributed by atoms with Gasteiger partial charge in [-0.1, -0.05) is 54.1 Å². The molecule has 0 amide bonds. The molecule has 0 bridgehead atoms. The average Bonchev–Trinajstić information content (AvgIpc) is 3.19. The van der Waals surface area contributed by atoms with Gasteiger partial charge in [-0.05, 0) is 53.5 Å². The number of dihydropyridines is 1. The second kappa shape index (κ2) is 10.7. The maximum absolute atomic E-state index is 13.7. The Balaban J connectivity index is 1.61. The van der Waals surface area contributed by atoms with Gasteiger partial charge in [0, 0.05) is 38.9 Å². The Kier molecular flexibility index (Phi) is 7.32. The second-order valence-corrected chi connectivity index (χ2v) is 10.2. The van der Waals surface area contributed by atoms with Gasteiger partial charge in [0.25, 0.3) is 0 Å². The Morgan fingerprint density at radius 3 is 2.50 bits per heavy atom. The fourth-order valence-electron chi connectivity index (χ4n) is 4.95. The first-order chi connectivity index (χ1) is 18.3. The van der Waals surface area contributed by atoms with Gasteiger partial charge in [0.2, 0.25) is 0 Å². The van der Waals surface area contributed by atoms with Crippen molar-refractivity contribution in [2.24, 2.45) is 0 Å². The number of ketones is 1. The third-order valence-electron chi connectivity index (χ3n) is 6.66. The summed E-state index contributed by atoms with van der Waals surface area (Å²) in [5.41, 5.74) is 5.14. The van der Waals surface area contributed by atoms with Gasteiger partial charge in [-0.3, -0.25) is 4.79 Å². The molecule has 6 nitrogen and oxygen atoms in total. The molecule has 1 atom stereocenters. The predicted octanol–water partition coefficient (Wildman–Crippen LogP) is 6.82. The van der Waals surface area contributed by atoms with E-state index in [1.165, 1.54) is 0 Å². The van der Waals surface area contributed by atoms with Crippen molar-refractivity contribution in [2.75, 3.05) is 13.7 Å². The molecule has 38 heavy (non-hydrogen) atoms. The summed E-state index contributed by atoms with van der Waals surface area (Å²) in [5, 5.41) is 3.91. The number of rotatable bonds is 7. The molecule has 0 saturated heterocycles. The van der Waals surface area contributed by atoms with Crippen LogP contribution in [0.25, 0.3) is 5.70 Å². The highest BCUT2D eigenvalue weighted by Gasteiger charge is 2.43. The molecule has 3 aromatic carbocycles. The van der Waals surface area contributed by atoms with Crippen LogP contribution in [0.5, 0.6) is 11.5 Å². The van der Waals surface area contributed by atoms with Gasteiger partial charge in [0.15, 0.2) is 17.3 Å². The van der Waals surface area contributed by atoms with Crippen LogP contribution in [-0.2, 0) is 16.1 Å². The largest absolute Gasteiger partial charge is 0.493 e. The number of carbonyl (C=O) groups is 2. The third kappa shape index (κ3) is 4.50. The molecular weight excluding hydrogens is 570 g/mol. The number of carbonyl (C=O) groups excluding carboxylic acids is 2. The molecule has 2 aliphatic rings. The molecule has 1 heterocycles. The molecule has 8 heteroatoms. The van der Waals surface area contributed by atoms with E-state index in [1.54, 1.807) is 32.2 Å². The highest BCUT2D eigenvalue weighted by molar-refractivity contribution is 9.10. The smallest absolute Gasteiger partial charge is 0.336 e. The number of hydrogen-bond donors (Lipinski definition) is 1. The van der Waals surface area contributed by atoms with E-state index >= 15 is 0 Å². The summed E-state index contributed by atoms with van der Waals surface area (Å²) in [6, 6.07) is 18.5. The summed E-state index contributed by atoms with van der Waals surface area (Å²) in [5.74, 6) is -0.346. The number of esters is 1. The number of methoxy groups -OCH3 is 1. The van der Waals surface area contributed by atoms with E-state index in [4.69, 9.17) is 25.8 Å². The van der Waals surface area contributed by atoms with Crippen LogP contribution < -0.4 is 14.8 Å². The first-order valence-corrected chi connectivity index (χ1v) is 13.3. The van der Waals surface area contributed by atoms with Gasteiger partial charge < -0.3 is 19.5 Å². The quantitative estimate of drug-likeness (QED) is 0.303. The molecule has 0 saturated carbocycles. The Bertz CT molecular complexity index is 1530. The minimum atomic E-state index is -0.673. The number of nitrogens with one attached hydrogen (secondary N) is 1. The zero-order valence-corrected chi connectivity index (χ0v) is 23.4. The molecule has 0 radical (unpaired) electrons. The number of ether oxygens (including phenoxy) is 3. The molecule has 1 aliphatic carbocycles. The van der Waals surface area contributed by atoms with Gasteiger partial charge in [0.1, 0.15) is 6.61 Å². The lowest BCUT2D eigenvalue weighted by atomic mass is 9.79. The van der Waals surface area contributed by atoms with Crippen molar-refractivity contribution in [3.8, 4) is 11.5 Å². The molecule has 0 spiro atoms. The van der Waals surface area contributed by atoms with Crippen LogP contribution in [0.1, 0.15) is 46.8 Å². The van der Waals surface area contributed by atoms with Crippen LogP contribution >= 0.6 is 27.5 Å².